The lowest BCUT2D eigenvalue weighted by Crippen LogP contribution is -2.12. The van der Waals surface area contributed by atoms with Crippen LogP contribution in [0.25, 0.3) is 0 Å². The summed E-state index contributed by atoms with van der Waals surface area (Å²) >= 11 is 5.49. The number of aryl methyl sites for hydroxylation is 2. The van der Waals surface area contributed by atoms with Crippen molar-refractivity contribution in [3.63, 3.8) is 0 Å². The summed E-state index contributed by atoms with van der Waals surface area (Å²) in [7, 11) is 1.64. The van der Waals surface area contributed by atoms with E-state index in [0.717, 1.165) is 22.6 Å². The Labute approximate surface area is 101 Å². The second-order valence-electron chi connectivity index (χ2n) is 3.63. The van der Waals surface area contributed by atoms with Crippen LogP contribution in [0, 0.1) is 13.8 Å². The van der Waals surface area contributed by atoms with Gasteiger partial charge in [-0.2, -0.15) is 0 Å². The second-order valence-corrected chi connectivity index (χ2v) is 4.01. The normalized spacial score (nSPS) is 10.0. The van der Waals surface area contributed by atoms with Crippen molar-refractivity contribution in [1.82, 2.24) is 0 Å². The van der Waals surface area contributed by atoms with E-state index in [9.17, 15) is 4.79 Å². The van der Waals surface area contributed by atoms with Gasteiger partial charge >= 0.3 is 0 Å². The van der Waals surface area contributed by atoms with Crippen molar-refractivity contribution < 1.29 is 9.53 Å². The fraction of sp³-hybridized carbons (Fsp3) is 0.417. The van der Waals surface area contributed by atoms with Gasteiger partial charge in [0.05, 0.1) is 7.11 Å². The van der Waals surface area contributed by atoms with Gasteiger partial charge in [-0.25, -0.2) is 0 Å². The maximum absolute atomic E-state index is 11.4. The van der Waals surface area contributed by atoms with Crippen LogP contribution in [0.4, 0.5) is 5.69 Å². The molecule has 0 saturated carbocycles. The molecule has 0 atom stereocenters. The van der Waals surface area contributed by atoms with Crippen LogP contribution in [0.5, 0.6) is 5.75 Å². The summed E-state index contributed by atoms with van der Waals surface area (Å²) in [6.45, 7) is 3.89. The number of benzene rings is 1. The lowest BCUT2D eigenvalue weighted by molar-refractivity contribution is -0.115. The minimum Gasteiger partial charge on any atom is -0.496 e. The summed E-state index contributed by atoms with van der Waals surface area (Å²) in [6.07, 6.45) is 0.325. The topological polar surface area (TPSA) is 38.3 Å². The summed E-state index contributed by atoms with van der Waals surface area (Å²) in [5.41, 5.74) is 2.79. The maximum atomic E-state index is 11.4. The molecule has 88 valence electrons. The highest BCUT2D eigenvalue weighted by molar-refractivity contribution is 6.19. The molecule has 1 N–H and O–H groups in total. The Bertz CT molecular complexity index is 368. The van der Waals surface area contributed by atoms with E-state index in [1.807, 2.05) is 26.0 Å². The van der Waals surface area contributed by atoms with Crippen LogP contribution in [0.3, 0.4) is 0 Å². The fourth-order valence-corrected chi connectivity index (χ4v) is 1.83. The minimum atomic E-state index is -0.0704. The number of anilines is 1. The average molecular weight is 242 g/mol. The van der Waals surface area contributed by atoms with Gasteiger partial charge in [0, 0.05) is 18.0 Å². The molecule has 0 spiro atoms. The largest absolute Gasteiger partial charge is 0.496 e. The van der Waals surface area contributed by atoms with Gasteiger partial charge in [0.2, 0.25) is 5.91 Å². The third kappa shape index (κ3) is 3.14. The standard InChI is InChI=1S/C12H16ClNO2/c1-8-6-10(14-11(15)4-5-13)7-9(2)12(8)16-3/h6-7H,4-5H2,1-3H3,(H,14,15). The van der Waals surface area contributed by atoms with Crippen molar-refractivity contribution in [3.05, 3.63) is 23.3 Å². The molecule has 16 heavy (non-hydrogen) atoms. The van der Waals surface area contributed by atoms with Gasteiger partial charge in [0.1, 0.15) is 5.75 Å². The first kappa shape index (κ1) is 12.8. The number of amides is 1. The van der Waals surface area contributed by atoms with Crippen LogP contribution >= 0.6 is 11.6 Å². The molecule has 0 radical (unpaired) electrons. The molecule has 1 aromatic carbocycles. The smallest absolute Gasteiger partial charge is 0.225 e. The monoisotopic (exact) mass is 241 g/mol. The Morgan fingerprint density at radius 3 is 2.38 bits per heavy atom. The first-order chi connectivity index (χ1) is 7.58. The van der Waals surface area contributed by atoms with Crippen molar-refractivity contribution in [2.45, 2.75) is 20.3 Å². The Balaban J connectivity index is 2.87. The van der Waals surface area contributed by atoms with Gasteiger partial charge in [0.15, 0.2) is 0 Å². The molecule has 0 heterocycles. The summed E-state index contributed by atoms with van der Waals surface area (Å²) in [5, 5.41) is 2.80. The van der Waals surface area contributed by atoms with Gasteiger partial charge in [-0.3, -0.25) is 4.79 Å². The molecule has 0 bridgehead atoms. The average Bonchev–Trinajstić information content (AvgIpc) is 2.17. The molecular formula is C12H16ClNO2. The van der Waals surface area contributed by atoms with Crippen LogP contribution in [-0.2, 0) is 4.79 Å². The lowest BCUT2D eigenvalue weighted by Gasteiger charge is -2.11. The van der Waals surface area contributed by atoms with E-state index in [-0.39, 0.29) is 5.91 Å². The molecule has 0 fully saturated rings. The first-order valence-corrected chi connectivity index (χ1v) is 5.63. The van der Waals surface area contributed by atoms with Crippen LogP contribution in [0.15, 0.2) is 12.1 Å². The van der Waals surface area contributed by atoms with E-state index in [4.69, 9.17) is 16.3 Å². The zero-order valence-corrected chi connectivity index (χ0v) is 10.5. The fourth-order valence-electron chi connectivity index (χ4n) is 1.65. The Morgan fingerprint density at radius 2 is 1.94 bits per heavy atom. The van der Waals surface area contributed by atoms with Gasteiger partial charge < -0.3 is 10.1 Å². The highest BCUT2D eigenvalue weighted by Crippen LogP contribution is 2.26. The number of nitrogens with one attached hydrogen (secondary N) is 1. The lowest BCUT2D eigenvalue weighted by atomic mass is 10.1. The van der Waals surface area contributed by atoms with Gasteiger partial charge in [-0.15, -0.1) is 11.6 Å². The van der Waals surface area contributed by atoms with Gasteiger partial charge in [-0.05, 0) is 37.1 Å². The van der Waals surface area contributed by atoms with E-state index < -0.39 is 0 Å². The van der Waals surface area contributed by atoms with E-state index in [1.54, 1.807) is 7.11 Å². The maximum Gasteiger partial charge on any atom is 0.225 e. The van der Waals surface area contributed by atoms with E-state index in [2.05, 4.69) is 5.32 Å². The Hall–Kier alpha value is -1.22. The highest BCUT2D eigenvalue weighted by atomic mass is 35.5. The van der Waals surface area contributed by atoms with Crippen molar-refractivity contribution >= 4 is 23.2 Å². The molecule has 1 amide bonds. The number of alkyl halides is 1. The van der Waals surface area contributed by atoms with Crippen molar-refractivity contribution in [2.75, 3.05) is 18.3 Å². The number of ether oxygens (including phenoxy) is 1. The van der Waals surface area contributed by atoms with Crippen molar-refractivity contribution in [1.29, 1.82) is 0 Å². The number of carbonyl (C=O) groups is 1. The van der Waals surface area contributed by atoms with Crippen LogP contribution < -0.4 is 10.1 Å². The number of hydrogen-bond acceptors (Lipinski definition) is 2. The van der Waals surface area contributed by atoms with Crippen molar-refractivity contribution in [3.8, 4) is 5.75 Å². The zero-order chi connectivity index (χ0) is 12.1. The predicted molar refractivity (Wildman–Crippen MR) is 66.4 cm³/mol. The Morgan fingerprint density at radius 1 is 1.38 bits per heavy atom. The molecule has 0 unspecified atom stereocenters. The quantitative estimate of drug-likeness (QED) is 0.824. The molecule has 0 aliphatic heterocycles. The second kappa shape index (κ2) is 5.75. The molecule has 1 rings (SSSR count). The molecule has 0 saturated heterocycles. The number of hydrogen-bond donors (Lipinski definition) is 1. The molecule has 1 aromatic rings. The molecular weight excluding hydrogens is 226 g/mol. The molecule has 3 nitrogen and oxygen atoms in total. The highest BCUT2D eigenvalue weighted by Gasteiger charge is 2.07. The molecule has 0 aliphatic rings. The Kier molecular flexibility index (Phi) is 4.62. The number of halogens is 1. The van der Waals surface area contributed by atoms with Gasteiger partial charge in [-0.1, -0.05) is 0 Å². The predicted octanol–water partition coefficient (Wildman–Crippen LogP) is 2.88. The number of methoxy groups -OCH3 is 1. The van der Waals surface area contributed by atoms with Gasteiger partial charge in [0.25, 0.3) is 0 Å². The van der Waals surface area contributed by atoms with E-state index in [1.165, 1.54) is 0 Å². The van der Waals surface area contributed by atoms with Crippen LogP contribution in [0.1, 0.15) is 17.5 Å². The first-order valence-electron chi connectivity index (χ1n) is 5.09. The number of carbonyl (C=O) groups excluding carboxylic acids is 1. The molecule has 0 aromatic heterocycles. The third-order valence-corrected chi connectivity index (χ3v) is 2.46. The summed E-state index contributed by atoms with van der Waals surface area (Å²) in [4.78, 5) is 11.4. The molecule has 4 heteroatoms. The molecule has 0 aliphatic carbocycles. The van der Waals surface area contributed by atoms with E-state index in [0.29, 0.717) is 12.3 Å². The summed E-state index contributed by atoms with van der Waals surface area (Å²) in [6, 6.07) is 3.77. The zero-order valence-electron chi connectivity index (χ0n) is 9.76. The SMILES string of the molecule is COc1c(C)cc(NC(=O)CCCl)cc1C. The summed E-state index contributed by atoms with van der Waals surface area (Å²) < 4.78 is 5.25. The van der Waals surface area contributed by atoms with E-state index >= 15 is 0 Å². The minimum absolute atomic E-state index is 0.0704. The van der Waals surface area contributed by atoms with Crippen LogP contribution in [-0.4, -0.2) is 18.9 Å². The third-order valence-electron chi connectivity index (χ3n) is 2.27. The van der Waals surface area contributed by atoms with Crippen molar-refractivity contribution in [2.24, 2.45) is 0 Å². The van der Waals surface area contributed by atoms with Crippen LogP contribution in [0.2, 0.25) is 0 Å². The number of rotatable bonds is 4. The summed E-state index contributed by atoms with van der Waals surface area (Å²) in [5.74, 6) is 1.12.